The maximum atomic E-state index is 13.7. The molecule has 0 atom stereocenters. The van der Waals surface area contributed by atoms with Gasteiger partial charge in [0.05, 0.1) is 7.11 Å². The standard InChI is InChI=1S/C11H14FNO3S/c1-16-10-7-8(4-3-5-13)6-9(12)11(10)17(2,14)15/h3-4,6-7H,5,13H2,1-2H3/b4-3+. The van der Waals surface area contributed by atoms with E-state index in [1.165, 1.54) is 13.2 Å². The van der Waals surface area contributed by atoms with Gasteiger partial charge in [-0.05, 0) is 17.7 Å². The van der Waals surface area contributed by atoms with Gasteiger partial charge in [-0.1, -0.05) is 12.2 Å². The molecule has 0 saturated heterocycles. The van der Waals surface area contributed by atoms with Crippen molar-refractivity contribution in [2.45, 2.75) is 4.90 Å². The Kier molecular flexibility index (Phi) is 4.25. The van der Waals surface area contributed by atoms with Gasteiger partial charge in [-0.2, -0.15) is 0 Å². The number of rotatable bonds is 4. The van der Waals surface area contributed by atoms with Gasteiger partial charge < -0.3 is 10.5 Å². The first kappa shape index (κ1) is 13.7. The molecule has 1 rings (SSSR count). The number of hydrogen-bond donors (Lipinski definition) is 1. The summed E-state index contributed by atoms with van der Waals surface area (Å²) in [6.45, 7) is 0.317. The van der Waals surface area contributed by atoms with Gasteiger partial charge in [-0.3, -0.25) is 0 Å². The maximum Gasteiger partial charge on any atom is 0.182 e. The third kappa shape index (κ3) is 3.28. The molecule has 0 aliphatic heterocycles. The predicted octanol–water partition coefficient (Wildman–Crippen LogP) is 1.21. The van der Waals surface area contributed by atoms with Crippen molar-refractivity contribution in [2.75, 3.05) is 19.9 Å². The molecule has 1 aromatic carbocycles. The molecule has 0 aromatic heterocycles. The Morgan fingerprint density at radius 2 is 2.12 bits per heavy atom. The third-order valence-electron chi connectivity index (χ3n) is 2.07. The van der Waals surface area contributed by atoms with E-state index in [1.54, 1.807) is 12.2 Å². The molecule has 0 spiro atoms. The van der Waals surface area contributed by atoms with E-state index in [0.717, 1.165) is 12.3 Å². The van der Waals surface area contributed by atoms with Crippen LogP contribution in [0.2, 0.25) is 0 Å². The number of methoxy groups -OCH3 is 1. The Labute approximate surface area is 99.8 Å². The number of ether oxygens (including phenoxy) is 1. The molecule has 0 radical (unpaired) electrons. The molecule has 0 fully saturated rings. The summed E-state index contributed by atoms with van der Waals surface area (Å²) in [6.07, 6.45) is 4.16. The first-order valence-electron chi connectivity index (χ1n) is 4.84. The Morgan fingerprint density at radius 3 is 2.59 bits per heavy atom. The van der Waals surface area contributed by atoms with Crippen LogP contribution in [0.4, 0.5) is 4.39 Å². The number of nitrogens with two attached hydrogens (primary N) is 1. The molecule has 0 saturated carbocycles. The lowest BCUT2D eigenvalue weighted by atomic mass is 10.2. The fourth-order valence-corrected chi connectivity index (χ4v) is 2.32. The molecular formula is C11H14FNO3S. The minimum Gasteiger partial charge on any atom is -0.495 e. The number of halogens is 1. The van der Waals surface area contributed by atoms with Gasteiger partial charge in [0.25, 0.3) is 0 Å². The second kappa shape index (κ2) is 5.29. The summed E-state index contributed by atoms with van der Waals surface area (Å²) in [7, 11) is -2.37. The van der Waals surface area contributed by atoms with Gasteiger partial charge in [-0.25, -0.2) is 12.8 Å². The van der Waals surface area contributed by atoms with Gasteiger partial charge in [-0.15, -0.1) is 0 Å². The molecule has 6 heteroatoms. The number of benzene rings is 1. The fourth-order valence-electron chi connectivity index (χ4n) is 1.40. The van der Waals surface area contributed by atoms with Crippen LogP contribution < -0.4 is 10.5 Å². The zero-order valence-corrected chi connectivity index (χ0v) is 10.4. The largest absolute Gasteiger partial charge is 0.495 e. The van der Waals surface area contributed by atoms with Crippen LogP contribution in [0.25, 0.3) is 6.08 Å². The van der Waals surface area contributed by atoms with E-state index >= 15 is 0 Å². The van der Waals surface area contributed by atoms with Crippen LogP contribution >= 0.6 is 0 Å². The number of sulfone groups is 1. The first-order valence-corrected chi connectivity index (χ1v) is 6.73. The average Bonchev–Trinajstić information content (AvgIpc) is 2.23. The van der Waals surface area contributed by atoms with Crippen molar-refractivity contribution in [1.29, 1.82) is 0 Å². The molecule has 2 N–H and O–H groups in total. The predicted molar refractivity (Wildman–Crippen MR) is 64.2 cm³/mol. The number of hydrogen-bond acceptors (Lipinski definition) is 4. The zero-order chi connectivity index (χ0) is 13.1. The summed E-state index contributed by atoms with van der Waals surface area (Å²) >= 11 is 0. The van der Waals surface area contributed by atoms with E-state index in [9.17, 15) is 12.8 Å². The Hall–Kier alpha value is -1.40. The molecule has 0 unspecified atom stereocenters. The minimum atomic E-state index is -3.66. The smallest absolute Gasteiger partial charge is 0.182 e. The summed E-state index contributed by atoms with van der Waals surface area (Å²) in [6, 6.07) is 2.58. The highest BCUT2D eigenvalue weighted by Crippen LogP contribution is 2.28. The lowest BCUT2D eigenvalue weighted by Gasteiger charge is -2.09. The molecule has 0 heterocycles. The van der Waals surface area contributed by atoms with Crippen molar-refractivity contribution in [3.05, 3.63) is 29.6 Å². The van der Waals surface area contributed by atoms with Crippen molar-refractivity contribution >= 4 is 15.9 Å². The Morgan fingerprint density at radius 1 is 1.47 bits per heavy atom. The summed E-state index contributed by atoms with van der Waals surface area (Å²) in [5.41, 5.74) is 5.77. The first-order chi connectivity index (χ1) is 7.90. The Balaban J connectivity index is 3.41. The van der Waals surface area contributed by atoms with Gasteiger partial charge in [0.1, 0.15) is 16.5 Å². The van der Waals surface area contributed by atoms with Crippen molar-refractivity contribution in [3.63, 3.8) is 0 Å². The SMILES string of the molecule is COc1cc(/C=C/CN)cc(F)c1S(C)(=O)=O. The van der Waals surface area contributed by atoms with Crippen LogP contribution in [0.5, 0.6) is 5.75 Å². The topological polar surface area (TPSA) is 69.4 Å². The molecule has 0 bridgehead atoms. The van der Waals surface area contributed by atoms with Gasteiger partial charge in [0, 0.05) is 12.8 Å². The van der Waals surface area contributed by atoms with Gasteiger partial charge >= 0.3 is 0 Å². The average molecular weight is 259 g/mol. The molecule has 4 nitrogen and oxygen atoms in total. The lowest BCUT2D eigenvalue weighted by molar-refractivity contribution is 0.395. The quantitative estimate of drug-likeness (QED) is 0.882. The summed E-state index contributed by atoms with van der Waals surface area (Å²) in [4.78, 5) is -0.426. The highest BCUT2D eigenvalue weighted by atomic mass is 32.2. The molecule has 0 amide bonds. The lowest BCUT2D eigenvalue weighted by Crippen LogP contribution is -2.04. The van der Waals surface area contributed by atoms with Crippen molar-refractivity contribution in [3.8, 4) is 5.75 Å². The normalized spacial score (nSPS) is 12.0. The molecule has 0 aliphatic rings. The van der Waals surface area contributed by atoms with Crippen LogP contribution in [-0.2, 0) is 9.84 Å². The van der Waals surface area contributed by atoms with E-state index in [1.807, 2.05) is 0 Å². The minimum absolute atomic E-state index is 0.0100. The van der Waals surface area contributed by atoms with Gasteiger partial charge in [0.15, 0.2) is 9.84 Å². The van der Waals surface area contributed by atoms with Crippen molar-refractivity contribution in [1.82, 2.24) is 0 Å². The highest BCUT2D eigenvalue weighted by molar-refractivity contribution is 7.90. The van der Waals surface area contributed by atoms with Crippen LogP contribution in [0.15, 0.2) is 23.1 Å². The maximum absolute atomic E-state index is 13.7. The molecule has 94 valence electrons. The summed E-state index contributed by atoms with van der Waals surface area (Å²) in [5.74, 6) is -0.840. The summed E-state index contributed by atoms with van der Waals surface area (Å²) in [5, 5.41) is 0. The molecule has 17 heavy (non-hydrogen) atoms. The van der Waals surface area contributed by atoms with Crippen molar-refractivity contribution in [2.24, 2.45) is 5.73 Å². The Bertz CT molecular complexity index is 538. The van der Waals surface area contributed by atoms with E-state index < -0.39 is 20.5 Å². The van der Waals surface area contributed by atoms with E-state index in [0.29, 0.717) is 12.1 Å². The van der Waals surface area contributed by atoms with Crippen LogP contribution in [-0.4, -0.2) is 28.3 Å². The van der Waals surface area contributed by atoms with Crippen molar-refractivity contribution < 1.29 is 17.5 Å². The monoisotopic (exact) mass is 259 g/mol. The van der Waals surface area contributed by atoms with E-state index in [2.05, 4.69) is 0 Å². The molecular weight excluding hydrogens is 245 g/mol. The van der Waals surface area contributed by atoms with Gasteiger partial charge in [0.2, 0.25) is 0 Å². The second-order valence-electron chi connectivity index (χ2n) is 3.44. The second-order valence-corrected chi connectivity index (χ2v) is 5.40. The zero-order valence-electron chi connectivity index (χ0n) is 9.60. The van der Waals surface area contributed by atoms with E-state index in [4.69, 9.17) is 10.5 Å². The molecule has 0 aliphatic carbocycles. The fraction of sp³-hybridized carbons (Fsp3) is 0.273. The van der Waals surface area contributed by atoms with E-state index in [-0.39, 0.29) is 5.75 Å². The third-order valence-corrected chi connectivity index (χ3v) is 3.21. The highest BCUT2D eigenvalue weighted by Gasteiger charge is 2.20. The van der Waals surface area contributed by atoms with Crippen LogP contribution in [0.1, 0.15) is 5.56 Å². The van der Waals surface area contributed by atoms with Crippen LogP contribution in [0.3, 0.4) is 0 Å². The summed E-state index contributed by atoms with van der Waals surface area (Å²) < 4.78 is 41.4. The molecule has 1 aromatic rings. The van der Waals surface area contributed by atoms with Crippen LogP contribution in [0, 0.1) is 5.82 Å².